The number of amides is 2. The molecule has 23 heavy (non-hydrogen) atoms. The Morgan fingerprint density at radius 3 is 2.52 bits per heavy atom. The Labute approximate surface area is 130 Å². The van der Waals surface area contributed by atoms with Crippen molar-refractivity contribution in [3.63, 3.8) is 0 Å². The van der Waals surface area contributed by atoms with Crippen LogP contribution in [-0.2, 0) is 13.6 Å². The molecule has 0 atom stereocenters. The largest absolute Gasteiger partial charge is 0.354 e. The van der Waals surface area contributed by atoms with Crippen LogP contribution in [0.3, 0.4) is 0 Å². The van der Waals surface area contributed by atoms with Crippen molar-refractivity contribution in [2.24, 2.45) is 7.05 Å². The smallest absolute Gasteiger partial charge is 0.320 e. The third-order valence-electron chi connectivity index (χ3n) is 3.00. The number of nitrogens with zero attached hydrogens (tertiary/aromatic N) is 5. The Hall–Kier alpha value is -3.24. The molecular formula is C12H15N7O4. The molecule has 0 spiro atoms. The molecule has 2 rings (SSSR count). The van der Waals surface area contributed by atoms with E-state index in [4.69, 9.17) is 0 Å². The highest BCUT2D eigenvalue weighted by atomic mass is 16.6. The van der Waals surface area contributed by atoms with Gasteiger partial charge in [-0.2, -0.15) is 10.2 Å². The molecule has 0 unspecified atom stereocenters. The Morgan fingerprint density at radius 2 is 1.96 bits per heavy atom. The quantitative estimate of drug-likeness (QED) is 0.594. The van der Waals surface area contributed by atoms with E-state index >= 15 is 0 Å². The Morgan fingerprint density at radius 1 is 1.26 bits per heavy atom. The van der Waals surface area contributed by atoms with Gasteiger partial charge in [0.1, 0.15) is 6.20 Å². The van der Waals surface area contributed by atoms with Crippen LogP contribution in [0.1, 0.15) is 27.9 Å². The third kappa shape index (κ3) is 3.17. The van der Waals surface area contributed by atoms with Gasteiger partial charge in [0.25, 0.3) is 11.8 Å². The molecule has 2 aromatic heterocycles. The summed E-state index contributed by atoms with van der Waals surface area (Å²) in [5, 5.41) is 23.6. The maximum atomic E-state index is 12.3. The lowest BCUT2D eigenvalue weighted by molar-refractivity contribution is -0.385. The highest BCUT2D eigenvalue weighted by molar-refractivity contribution is 6.08. The van der Waals surface area contributed by atoms with Gasteiger partial charge in [0, 0.05) is 26.8 Å². The van der Waals surface area contributed by atoms with Crippen LogP contribution in [0.5, 0.6) is 0 Å². The van der Waals surface area contributed by atoms with Crippen molar-refractivity contribution in [3.8, 4) is 0 Å². The molecule has 122 valence electrons. The highest BCUT2D eigenvalue weighted by Crippen LogP contribution is 2.20. The fourth-order valence-corrected chi connectivity index (χ4v) is 1.91. The van der Waals surface area contributed by atoms with E-state index in [0.717, 1.165) is 6.20 Å². The number of rotatable bonds is 5. The number of carbonyl (C=O) groups excluding carboxylic acids is 2. The highest BCUT2D eigenvalue weighted by Gasteiger charge is 2.27. The van der Waals surface area contributed by atoms with Crippen molar-refractivity contribution in [1.29, 1.82) is 0 Å². The van der Waals surface area contributed by atoms with Crippen LogP contribution in [0.15, 0.2) is 12.4 Å². The summed E-state index contributed by atoms with van der Waals surface area (Å²) in [6, 6.07) is 0. The van der Waals surface area contributed by atoms with Gasteiger partial charge >= 0.3 is 5.69 Å². The zero-order valence-corrected chi connectivity index (χ0v) is 12.7. The van der Waals surface area contributed by atoms with Gasteiger partial charge in [-0.3, -0.25) is 29.1 Å². The molecular weight excluding hydrogens is 306 g/mol. The fourth-order valence-electron chi connectivity index (χ4n) is 1.91. The van der Waals surface area contributed by atoms with Gasteiger partial charge in [-0.25, -0.2) is 0 Å². The normalized spacial score (nSPS) is 10.4. The number of carbonyl (C=O) groups is 2. The lowest BCUT2D eigenvalue weighted by Crippen LogP contribution is -2.22. The first-order chi connectivity index (χ1) is 10.9. The van der Waals surface area contributed by atoms with Crippen LogP contribution in [0.25, 0.3) is 0 Å². The Bertz CT molecular complexity index is 776. The van der Waals surface area contributed by atoms with E-state index in [1.165, 1.54) is 29.7 Å². The zero-order chi connectivity index (χ0) is 17.1. The van der Waals surface area contributed by atoms with Crippen LogP contribution >= 0.6 is 0 Å². The van der Waals surface area contributed by atoms with Crippen molar-refractivity contribution in [1.82, 2.24) is 24.9 Å². The number of nitro groups is 1. The van der Waals surface area contributed by atoms with E-state index in [1.807, 2.05) is 6.92 Å². The van der Waals surface area contributed by atoms with Crippen molar-refractivity contribution >= 4 is 23.2 Å². The minimum absolute atomic E-state index is 0.0151. The first kappa shape index (κ1) is 16.1. The molecule has 11 nitrogen and oxygen atoms in total. The van der Waals surface area contributed by atoms with Gasteiger partial charge in [-0.05, 0) is 6.92 Å². The monoisotopic (exact) mass is 321 g/mol. The molecule has 2 heterocycles. The molecule has 0 aliphatic rings. The van der Waals surface area contributed by atoms with E-state index < -0.39 is 22.4 Å². The van der Waals surface area contributed by atoms with E-state index in [2.05, 4.69) is 20.8 Å². The maximum Gasteiger partial charge on any atom is 0.320 e. The molecule has 0 saturated carbocycles. The molecule has 0 aromatic carbocycles. The number of hydrogen-bond donors (Lipinski definition) is 2. The Kier molecular flexibility index (Phi) is 4.39. The first-order valence-corrected chi connectivity index (χ1v) is 6.66. The molecule has 0 radical (unpaired) electrons. The van der Waals surface area contributed by atoms with Crippen LogP contribution < -0.4 is 10.6 Å². The molecule has 2 amide bonds. The molecule has 2 N–H and O–H groups in total. The van der Waals surface area contributed by atoms with Gasteiger partial charge in [-0.1, -0.05) is 0 Å². The number of anilines is 1. The first-order valence-electron chi connectivity index (χ1n) is 6.66. The summed E-state index contributed by atoms with van der Waals surface area (Å²) in [5.41, 5.74) is -0.601. The summed E-state index contributed by atoms with van der Waals surface area (Å²) in [5.74, 6) is -1.28. The van der Waals surface area contributed by atoms with E-state index in [9.17, 15) is 19.7 Å². The second-order valence-electron chi connectivity index (χ2n) is 4.57. The molecule has 0 aliphatic carbocycles. The summed E-state index contributed by atoms with van der Waals surface area (Å²) in [4.78, 5) is 34.3. The summed E-state index contributed by atoms with van der Waals surface area (Å²) < 4.78 is 2.63. The topological polar surface area (TPSA) is 137 Å². The predicted molar refractivity (Wildman–Crippen MR) is 79.1 cm³/mol. The van der Waals surface area contributed by atoms with Crippen LogP contribution in [-0.4, -0.2) is 43.3 Å². The molecule has 0 aliphatic heterocycles. The lowest BCUT2D eigenvalue weighted by Gasteiger charge is -2.02. The summed E-state index contributed by atoms with van der Waals surface area (Å²) in [6.07, 6.45) is 2.60. The van der Waals surface area contributed by atoms with Crippen molar-refractivity contribution in [2.75, 3.05) is 12.4 Å². The van der Waals surface area contributed by atoms with Crippen molar-refractivity contribution in [3.05, 3.63) is 33.9 Å². The van der Waals surface area contributed by atoms with E-state index in [0.29, 0.717) is 6.54 Å². The summed E-state index contributed by atoms with van der Waals surface area (Å²) >= 11 is 0. The second kappa shape index (κ2) is 6.25. The van der Waals surface area contributed by atoms with Gasteiger partial charge in [0.05, 0.1) is 10.6 Å². The van der Waals surface area contributed by atoms with Crippen molar-refractivity contribution < 1.29 is 14.5 Å². The Balaban J connectivity index is 2.35. The van der Waals surface area contributed by atoms with Crippen LogP contribution in [0.4, 0.5) is 11.4 Å². The number of hydrogen-bond acceptors (Lipinski definition) is 6. The van der Waals surface area contributed by atoms with E-state index in [1.54, 1.807) is 0 Å². The molecule has 0 saturated heterocycles. The number of aromatic nitrogens is 4. The molecule has 0 fully saturated rings. The van der Waals surface area contributed by atoms with Gasteiger partial charge in [-0.15, -0.1) is 0 Å². The maximum absolute atomic E-state index is 12.3. The number of nitrogens with one attached hydrogen (secondary N) is 2. The fraction of sp³-hybridized carbons (Fsp3) is 0.333. The average molecular weight is 321 g/mol. The predicted octanol–water partition coefficient (Wildman–Crippen LogP) is 0.157. The van der Waals surface area contributed by atoms with Gasteiger partial charge in [0.15, 0.2) is 5.69 Å². The van der Waals surface area contributed by atoms with E-state index in [-0.39, 0.29) is 17.1 Å². The molecule has 0 bridgehead atoms. The number of aryl methyl sites for hydroxylation is 2. The van der Waals surface area contributed by atoms with Crippen LogP contribution in [0.2, 0.25) is 0 Å². The summed E-state index contributed by atoms with van der Waals surface area (Å²) in [7, 11) is 2.90. The lowest BCUT2D eigenvalue weighted by atomic mass is 10.3. The van der Waals surface area contributed by atoms with Crippen molar-refractivity contribution in [2.45, 2.75) is 13.5 Å². The minimum Gasteiger partial charge on any atom is -0.354 e. The molecule has 11 heteroatoms. The van der Waals surface area contributed by atoms with Gasteiger partial charge in [0.2, 0.25) is 5.69 Å². The van der Waals surface area contributed by atoms with Crippen LogP contribution in [0, 0.1) is 10.1 Å². The average Bonchev–Trinajstić information content (AvgIpc) is 3.10. The zero-order valence-electron chi connectivity index (χ0n) is 12.7. The minimum atomic E-state index is -0.793. The summed E-state index contributed by atoms with van der Waals surface area (Å²) in [6.45, 7) is 2.30. The standard InChI is InChI=1S/C12H15N7O4/c1-4-18-5-7(9(16-18)11(20)13-2)14-12(21)10-8(19(22)23)6-17(3)15-10/h5-6H,4H2,1-3H3,(H,13,20)(H,14,21). The molecule has 2 aromatic rings. The van der Waals surface area contributed by atoms with Gasteiger partial charge < -0.3 is 10.6 Å². The third-order valence-corrected chi connectivity index (χ3v) is 3.00. The second-order valence-corrected chi connectivity index (χ2v) is 4.57. The SMILES string of the molecule is CCn1cc(NC(=O)c2nn(C)cc2[N+](=O)[O-])c(C(=O)NC)n1.